The molecule has 1 saturated heterocycles. The summed E-state index contributed by atoms with van der Waals surface area (Å²) in [5.74, 6) is 2.46. The first-order valence-electron chi connectivity index (χ1n) is 10.6. The average molecular weight is 399 g/mol. The molecule has 2 aromatic rings. The molecule has 2 heterocycles. The summed E-state index contributed by atoms with van der Waals surface area (Å²) < 4.78 is 28.6. The molecule has 7 heteroatoms. The van der Waals surface area contributed by atoms with Crippen LogP contribution in [0.4, 0.5) is 0 Å². The van der Waals surface area contributed by atoms with E-state index in [2.05, 4.69) is 10.2 Å². The Bertz CT molecular complexity index is 1040. The smallest absolute Gasteiger partial charge is 0.243 e. The van der Waals surface area contributed by atoms with Crippen LogP contribution in [-0.2, 0) is 22.9 Å². The number of aromatic amines is 1. The molecular formula is C21H26N4O2S. The normalized spacial score (nSPS) is 26.5. The SMILES string of the molecule is O=S(=O)(c1ccc2c(c1)CCC2)N1CC(c2nc(C3CC3)n[nH]2)C2(CCC2)C1. The molecule has 1 atom stereocenters. The zero-order valence-electron chi connectivity index (χ0n) is 16.0. The molecule has 6 rings (SSSR count). The molecule has 0 amide bonds. The number of aryl methyl sites for hydroxylation is 2. The molecule has 3 fully saturated rings. The lowest BCUT2D eigenvalue weighted by molar-refractivity contribution is 0.127. The van der Waals surface area contributed by atoms with Crippen LogP contribution in [0.5, 0.6) is 0 Å². The van der Waals surface area contributed by atoms with Crippen molar-refractivity contribution in [3.63, 3.8) is 0 Å². The Morgan fingerprint density at radius 3 is 2.68 bits per heavy atom. The lowest BCUT2D eigenvalue weighted by Gasteiger charge is -2.42. The van der Waals surface area contributed by atoms with Crippen molar-refractivity contribution in [3.8, 4) is 0 Å². The van der Waals surface area contributed by atoms with E-state index in [9.17, 15) is 8.42 Å². The molecule has 1 N–H and O–H groups in total. The molecule has 6 nitrogen and oxygen atoms in total. The van der Waals surface area contributed by atoms with Crippen molar-refractivity contribution in [1.82, 2.24) is 19.5 Å². The van der Waals surface area contributed by atoms with Crippen molar-refractivity contribution in [3.05, 3.63) is 41.0 Å². The van der Waals surface area contributed by atoms with Gasteiger partial charge >= 0.3 is 0 Å². The highest BCUT2D eigenvalue weighted by Gasteiger charge is 2.55. The first-order chi connectivity index (χ1) is 13.6. The lowest BCUT2D eigenvalue weighted by atomic mass is 9.62. The lowest BCUT2D eigenvalue weighted by Crippen LogP contribution is -2.38. The summed E-state index contributed by atoms with van der Waals surface area (Å²) in [6.45, 7) is 1.12. The van der Waals surface area contributed by atoms with Crippen LogP contribution in [0.1, 0.15) is 73.1 Å². The van der Waals surface area contributed by atoms with Gasteiger partial charge in [0.25, 0.3) is 0 Å². The molecule has 1 spiro atoms. The molecule has 4 aliphatic rings. The van der Waals surface area contributed by atoms with E-state index in [0.717, 1.165) is 43.8 Å². The van der Waals surface area contributed by atoms with E-state index in [-0.39, 0.29) is 11.3 Å². The van der Waals surface area contributed by atoms with Crippen LogP contribution in [0.25, 0.3) is 0 Å². The first kappa shape index (κ1) is 17.2. The van der Waals surface area contributed by atoms with Gasteiger partial charge in [-0.15, -0.1) is 0 Å². The Morgan fingerprint density at radius 1 is 1.11 bits per heavy atom. The molecule has 0 radical (unpaired) electrons. The van der Waals surface area contributed by atoms with Gasteiger partial charge in [-0.3, -0.25) is 5.10 Å². The van der Waals surface area contributed by atoms with Gasteiger partial charge in [-0.05, 0) is 73.6 Å². The fraction of sp³-hybridized carbons (Fsp3) is 0.619. The highest BCUT2D eigenvalue weighted by atomic mass is 32.2. The van der Waals surface area contributed by atoms with E-state index in [1.54, 1.807) is 10.4 Å². The fourth-order valence-electron chi connectivity index (χ4n) is 5.45. The van der Waals surface area contributed by atoms with Crippen LogP contribution in [0.3, 0.4) is 0 Å². The van der Waals surface area contributed by atoms with Crippen LogP contribution in [0.2, 0.25) is 0 Å². The number of sulfonamides is 1. The second-order valence-electron chi connectivity index (χ2n) is 9.20. The van der Waals surface area contributed by atoms with Gasteiger partial charge in [-0.2, -0.15) is 9.40 Å². The molecular weight excluding hydrogens is 372 g/mol. The summed E-state index contributed by atoms with van der Waals surface area (Å²) in [5, 5.41) is 7.58. The number of H-pyrrole nitrogens is 1. The number of hydrogen-bond donors (Lipinski definition) is 1. The van der Waals surface area contributed by atoms with E-state index in [1.165, 1.54) is 30.4 Å². The second kappa shape index (κ2) is 5.89. The Morgan fingerprint density at radius 2 is 1.93 bits per heavy atom. The number of nitrogens with one attached hydrogen (secondary N) is 1. The maximum atomic E-state index is 13.4. The molecule has 2 saturated carbocycles. The van der Waals surface area contributed by atoms with Crippen molar-refractivity contribution in [1.29, 1.82) is 0 Å². The highest BCUT2D eigenvalue weighted by Crippen LogP contribution is 2.56. The van der Waals surface area contributed by atoms with Crippen molar-refractivity contribution in [2.75, 3.05) is 13.1 Å². The third kappa shape index (κ3) is 2.52. The molecule has 0 bridgehead atoms. The number of hydrogen-bond acceptors (Lipinski definition) is 4. The third-order valence-electron chi connectivity index (χ3n) is 7.47. The standard InChI is InChI=1S/C21H26N4O2S/c26-28(27,17-8-7-14-3-1-4-16(14)11-17)25-12-18(21(13-25)9-2-10-21)20-22-19(23-24-20)15-5-6-15/h7-8,11,15,18H,1-6,9-10,12-13H2,(H,22,23,24). The van der Waals surface area contributed by atoms with Gasteiger partial charge < -0.3 is 0 Å². The van der Waals surface area contributed by atoms with Crippen LogP contribution in [-0.4, -0.2) is 41.0 Å². The number of aromatic nitrogens is 3. The molecule has 3 aliphatic carbocycles. The van der Waals surface area contributed by atoms with Crippen molar-refractivity contribution < 1.29 is 8.42 Å². The summed E-state index contributed by atoms with van der Waals surface area (Å²) in [6.07, 6.45) is 8.86. The van der Waals surface area contributed by atoms with Gasteiger partial charge in [0, 0.05) is 24.9 Å². The van der Waals surface area contributed by atoms with Crippen LogP contribution in [0.15, 0.2) is 23.1 Å². The highest BCUT2D eigenvalue weighted by molar-refractivity contribution is 7.89. The van der Waals surface area contributed by atoms with E-state index < -0.39 is 10.0 Å². The van der Waals surface area contributed by atoms with Gasteiger partial charge in [0.2, 0.25) is 10.0 Å². The number of benzene rings is 1. The molecule has 148 valence electrons. The average Bonchev–Trinajstić information content (AvgIpc) is 3.11. The molecule has 28 heavy (non-hydrogen) atoms. The summed E-state index contributed by atoms with van der Waals surface area (Å²) in [7, 11) is -3.47. The Labute approximate surface area is 165 Å². The van der Waals surface area contributed by atoms with Gasteiger partial charge in [-0.1, -0.05) is 12.5 Å². The van der Waals surface area contributed by atoms with Gasteiger partial charge in [-0.25, -0.2) is 13.4 Å². The Balaban J connectivity index is 1.32. The van der Waals surface area contributed by atoms with Crippen molar-refractivity contribution in [2.24, 2.45) is 5.41 Å². The fourth-order valence-corrected chi connectivity index (χ4v) is 7.05. The van der Waals surface area contributed by atoms with Crippen molar-refractivity contribution in [2.45, 2.75) is 68.1 Å². The minimum absolute atomic E-state index is 0.0319. The minimum Gasteiger partial charge on any atom is -0.263 e. The largest absolute Gasteiger partial charge is 0.263 e. The monoisotopic (exact) mass is 398 g/mol. The van der Waals surface area contributed by atoms with Gasteiger partial charge in [0.1, 0.15) is 5.82 Å². The van der Waals surface area contributed by atoms with Crippen LogP contribution >= 0.6 is 0 Å². The second-order valence-corrected chi connectivity index (χ2v) is 11.1. The van der Waals surface area contributed by atoms with Crippen LogP contribution < -0.4 is 0 Å². The van der Waals surface area contributed by atoms with E-state index in [0.29, 0.717) is 23.9 Å². The van der Waals surface area contributed by atoms with Gasteiger partial charge in [0.05, 0.1) is 4.90 Å². The molecule has 1 aromatic carbocycles. The molecule has 1 aliphatic heterocycles. The van der Waals surface area contributed by atoms with Gasteiger partial charge in [0.15, 0.2) is 5.82 Å². The van der Waals surface area contributed by atoms with E-state index >= 15 is 0 Å². The predicted molar refractivity (Wildman–Crippen MR) is 105 cm³/mol. The quantitative estimate of drug-likeness (QED) is 0.858. The minimum atomic E-state index is -3.47. The summed E-state index contributed by atoms with van der Waals surface area (Å²) in [4.78, 5) is 5.24. The van der Waals surface area contributed by atoms with E-state index in [4.69, 9.17) is 4.98 Å². The zero-order valence-corrected chi connectivity index (χ0v) is 16.8. The maximum absolute atomic E-state index is 13.4. The molecule has 1 aromatic heterocycles. The predicted octanol–water partition coefficient (Wildman–Crippen LogP) is 3.13. The maximum Gasteiger partial charge on any atom is 0.243 e. The first-order valence-corrected chi connectivity index (χ1v) is 12.0. The van der Waals surface area contributed by atoms with Crippen LogP contribution in [0, 0.1) is 5.41 Å². The number of nitrogens with zero attached hydrogens (tertiary/aromatic N) is 3. The van der Waals surface area contributed by atoms with Crippen molar-refractivity contribution >= 4 is 10.0 Å². The van der Waals surface area contributed by atoms with E-state index in [1.807, 2.05) is 12.1 Å². The number of rotatable bonds is 4. The Hall–Kier alpha value is -1.73. The Kier molecular flexibility index (Phi) is 3.61. The summed E-state index contributed by atoms with van der Waals surface area (Å²) >= 11 is 0. The number of fused-ring (bicyclic) bond motifs is 1. The summed E-state index contributed by atoms with van der Waals surface area (Å²) in [6, 6.07) is 5.73. The molecule has 1 unspecified atom stereocenters. The third-order valence-corrected chi connectivity index (χ3v) is 9.27. The zero-order chi connectivity index (χ0) is 18.9. The summed E-state index contributed by atoms with van der Waals surface area (Å²) in [5.41, 5.74) is 2.55. The topological polar surface area (TPSA) is 79.0 Å².